The highest BCUT2D eigenvalue weighted by molar-refractivity contribution is 5.91. The average Bonchev–Trinajstić information content (AvgIpc) is 3.05. The minimum atomic E-state index is -0.512. The zero-order valence-corrected chi connectivity index (χ0v) is 21.2. The van der Waals surface area contributed by atoms with E-state index in [2.05, 4.69) is 11.5 Å². The molecule has 34 heavy (non-hydrogen) atoms. The molecule has 1 aromatic rings. The molecule has 9 heteroatoms. The smallest absolute Gasteiger partial charge is 0.410 e. The fourth-order valence-corrected chi connectivity index (χ4v) is 3.64. The second-order valence-corrected chi connectivity index (χ2v) is 9.04. The molecular formula is C25H38N2O7. The van der Waals surface area contributed by atoms with Gasteiger partial charge in [-0.25, -0.2) is 9.59 Å². The molecule has 9 nitrogen and oxygen atoms in total. The number of benzene rings is 1. The summed E-state index contributed by atoms with van der Waals surface area (Å²) in [6.07, 6.45) is 2.32. The molecule has 1 aromatic carbocycles. The van der Waals surface area contributed by atoms with E-state index in [0.29, 0.717) is 48.9 Å². The van der Waals surface area contributed by atoms with Gasteiger partial charge in [0.1, 0.15) is 11.7 Å². The second kappa shape index (κ2) is 12.5. The molecule has 0 radical (unpaired) electrons. The van der Waals surface area contributed by atoms with Gasteiger partial charge < -0.3 is 33.5 Å². The fraction of sp³-hybridized carbons (Fsp3) is 0.600. The second-order valence-electron chi connectivity index (χ2n) is 9.04. The van der Waals surface area contributed by atoms with E-state index in [1.807, 2.05) is 20.8 Å². The van der Waals surface area contributed by atoms with Crippen molar-refractivity contribution in [3.8, 4) is 17.2 Å². The first-order valence-corrected chi connectivity index (χ1v) is 11.5. The molecule has 1 amide bonds. The Bertz CT molecular complexity index is 825. The van der Waals surface area contributed by atoms with Gasteiger partial charge in [0.05, 0.1) is 26.9 Å². The van der Waals surface area contributed by atoms with Crippen LogP contribution >= 0.6 is 0 Å². The summed E-state index contributed by atoms with van der Waals surface area (Å²) in [6, 6.07) is 3.12. The summed E-state index contributed by atoms with van der Waals surface area (Å²) in [6.45, 7) is 13.0. The first-order valence-electron chi connectivity index (χ1n) is 11.5. The third-order valence-electron chi connectivity index (χ3n) is 5.39. The molecule has 1 aliphatic rings. The van der Waals surface area contributed by atoms with E-state index in [4.69, 9.17) is 23.7 Å². The maximum Gasteiger partial charge on any atom is 0.410 e. The quantitative estimate of drug-likeness (QED) is 0.392. The molecule has 190 valence electrons. The lowest BCUT2D eigenvalue weighted by atomic mass is 10.1. The first kappa shape index (κ1) is 27.3. The van der Waals surface area contributed by atoms with Crippen molar-refractivity contribution in [2.45, 2.75) is 45.3 Å². The van der Waals surface area contributed by atoms with Crippen molar-refractivity contribution < 1.29 is 33.3 Å². The van der Waals surface area contributed by atoms with Crippen molar-refractivity contribution in [1.29, 1.82) is 0 Å². The van der Waals surface area contributed by atoms with Crippen LogP contribution in [0, 0.1) is 0 Å². The van der Waals surface area contributed by atoms with Crippen LogP contribution in [-0.2, 0) is 9.47 Å². The van der Waals surface area contributed by atoms with Gasteiger partial charge in [0.15, 0.2) is 11.5 Å². The number of hydrogen-bond donors (Lipinski definition) is 0. The largest absolute Gasteiger partial charge is 0.493 e. The van der Waals surface area contributed by atoms with E-state index in [0.717, 1.165) is 19.5 Å². The Balaban J connectivity index is 1.93. The number of esters is 1. The number of nitrogens with zero attached hydrogens (tertiary/aromatic N) is 2. The number of ether oxygens (including phenoxy) is 5. The van der Waals surface area contributed by atoms with Crippen LogP contribution in [0.4, 0.5) is 4.79 Å². The number of hydrogen-bond acceptors (Lipinski definition) is 8. The lowest BCUT2D eigenvalue weighted by molar-refractivity contribution is 0.0252. The molecule has 0 spiro atoms. The summed E-state index contributed by atoms with van der Waals surface area (Å²) in [5.74, 6) is 0.658. The number of carbonyl (C=O) groups is 2. The van der Waals surface area contributed by atoms with Crippen LogP contribution in [0.2, 0.25) is 0 Å². The molecule has 0 aliphatic carbocycles. The predicted octanol–water partition coefficient (Wildman–Crippen LogP) is 3.76. The van der Waals surface area contributed by atoms with Gasteiger partial charge in [0.2, 0.25) is 5.75 Å². The van der Waals surface area contributed by atoms with Gasteiger partial charge in [0.25, 0.3) is 0 Å². The van der Waals surface area contributed by atoms with Gasteiger partial charge >= 0.3 is 12.1 Å². The van der Waals surface area contributed by atoms with E-state index in [1.165, 1.54) is 21.3 Å². The van der Waals surface area contributed by atoms with E-state index in [-0.39, 0.29) is 6.09 Å². The molecule has 0 saturated carbocycles. The van der Waals surface area contributed by atoms with E-state index >= 15 is 0 Å². The zero-order chi connectivity index (χ0) is 25.3. The van der Waals surface area contributed by atoms with E-state index in [1.54, 1.807) is 23.1 Å². The molecule has 1 fully saturated rings. The number of carbonyl (C=O) groups excluding carboxylic acids is 2. The first-order chi connectivity index (χ1) is 16.1. The molecule has 1 saturated heterocycles. The van der Waals surface area contributed by atoms with Crippen molar-refractivity contribution in [1.82, 2.24) is 9.80 Å². The Kier molecular flexibility index (Phi) is 10.0. The Hall–Kier alpha value is -2.94. The van der Waals surface area contributed by atoms with Gasteiger partial charge in [-0.15, -0.1) is 0 Å². The number of amides is 1. The van der Waals surface area contributed by atoms with Gasteiger partial charge in [-0.05, 0) is 45.9 Å². The van der Waals surface area contributed by atoms with Crippen LogP contribution in [0.25, 0.3) is 0 Å². The predicted molar refractivity (Wildman–Crippen MR) is 129 cm³/mol. The third-order valence-corrected chi connectivity index (χ3v) is 5.39. The van der Waals surface area contributed by atoms with Gasteiger partial charge in [-0.1, -0.05) is 12.7 Å². The van der Waals surface area contributed by atoms with Crippen molar-refractivity contribution in [2.75, 3.05) is 54.1 Å². The summed E-state index contributed by atoms with van der Waals surface area (Å²) in [5.41, 5.74) is -0.216. The molecular weight excluding hydrogens is 440 g/mol. The van der Waals surface area contributed by atoms with E-state index < -0.39 is 17.7 Å². The Morgan fingerprint density at radius 1 is 1.03 bits per heavy atom. The lowest BCUT2D eigenvalue weighted by Crippen LogP contribution is -2.39. The highest BCUT2D eigenvalue weighted by Crippen LogP contribution is 2.38. The van der Waals surface area contributed by atoms with Gasteiger partial charge in [0, 0.05) is 32.6 Å². The van der Waals surface area contributed by atoms with Crippen molar-refractivity contribution in [3.05, 3.63) is 30.4 Å². The van der Waals surface area contributed by atoms with Crippen molar-refractivity contribution in [3.63, 3.8) is 0 Å². The molecule has 1 heterocycles. The number of rotatable bonds is 9. The van der Waals surface area contributed by atoms with Gasteiger partial charge in [-0.2, -0.15) is 0 Å². The molecule has 0 aromatic heterocycles. The topological polar surface area (TPSA) is 86.8 Å². The zero-order valence-electron chi connectivity index (χ0n) is 21.2. The SMILES string of the molecule is C=C[C@H](CCN1CCCN(C(=O)OC(C)(C)C)CC1)OC(=O)c1cc(OC)c(OC)c(OC)c1. The van der Waals surface area contributed by atoms with Crippen LogP contribution in [-0.4, -0.2) is 87.6 Å². The van der Waals surface area contributed by atoms with E-state index in [9.17, 15) is 9.59 Å². The summed E-state index contributed by atoms with van der Waals surface area (Å²) < 4.78 is 27.1. The Labute approximate surface area is 202 Å². The average molecular weight is 479 g/mol. The molecule has 0 unspecified atom stereocenters. The van der Waals surface area contributed by atoms with Gasteiger partial charge in [-0.3, -0.25) is 0 Å². The minimum absolute atomic E-state index is 0.280. The van der Waals surface area contributed by atoms with Crippen LogP contribution < -0.4 is 14.2 Å². The Morgan fingerprint density at radius 3 is 2.21 bits per heavy atom. The van der Waals surface area contributed by atoms with Crippen LogP contribution in [0.15, 0.2) is 24.8 Å². The standard InChI is InChI=1S/C25H38N2O7/c1-8-19(33-23(28)18-16-20(30-5)22(32-7)21(17-18)31-6)10-13-26-11-9-12-27(15-14-26)24(29)34-25(2,3)4/h8,16-17,19H,1,9-15H2,2-7H3/t19-/m1/s1. The number of methoxy groups -OCH3 is 3. The summed E-state index contributed by atoms with van der Waals surface area (Å²) in [7, 11) is 4.48. The van der Waals surface area contributed by atoms with Crippen LogP contribution in [0.1, 0.15) is 44.0 Å². The minimum Gasteiger partial charge on any atom is -0.493 e. The normalized spacial score (nSPS) is 15.6. The fourth-order valence-electron chi connectivity index (χ4n) is 3.64. The molecule has 2 rings (SSSR count). The van der Waals surface area contributed by atoms with Crippen molar-refractivity contribution in [2.24, 2.45) is 0 Å². The summed E-state index contributed by atoms with van der Waals surface area (Å²) in [4.78, 5) is 29.2. The highest BCUT2D eigenvalue weighted by atomic mass is 16.6. The monoisotopic (exact) mass is 478 g/mol. The molecule has 1 atom stereocenters. The lowest BCUT2D eigenvalue weighted by Gasteiger charge is -2.26. The maximum absolute atomic E-state index is 12.8. The van der Waals surface area contributed by atoms with Crippen LogP contribution in [0.5, 0.6) is 17.2 Å². The van der Waals surface area contributed by atoms with Crippen LogP contribution in [0.3, 0.4) is 0 Å². The third kappa shape index (κ3) is 7.83. The summed E-state index contributed by atoms with van der Waals surface area (Å²) in [5, 5.41) is 0. The Morgan fingerprint density at radius 2 is 1.68 bits per heavy atom. The maximum atomic E-state index is 12.8. The van der Waals surface area contributed by atoms with Crippen molar-refractivity contribution >= 4 is 12.1 Å². The summed E-state index contributed by atoms with van der Waals surface area (Å²) >= 11 is 0. The molecule has 0 bridgehead atoms. The molecule has 0 N–H and O–H groups in total. The molecule has 1 aliphatic heterocycles. The highest BCUT2D eigenvalue weighted by Gasteiger charge is 2.25.